The summed E-state index contributed by atoms with van der Waals surface area (Å²) < 4.78 is 6.60. The van der Waals surface area contributed by atoms with E-state index >= 15 is 0 Å². The number of piperidine rings is 1. The van der Waals surface area contributed by atoms with Gasteiger partial charge in [0.05, 0.1) is 7.11 Å². The third-order valence-corrected chi connectivity index (χ3v) is 4.58. The van der Waals surface area contributed by atoms with Gasteiger partial charge in [-0.05, 0) is 36.4 Å². The molecule has 1 fully saturated rings. The molecule has 2 aromatic rings. The van der Waals surface area contributed by atoms with Gasteiger partial charge in [0.25, 0.3) is 0 Å². The number of hydrogen-bond donors (Lipinski definition) is 1. The van der Waals surface area contributed by atoms with Gasteiger partial charge in [-0.2, -0.15) is 0 Å². The summed E-state index contributed by atoms with van der Waals surface area (Å²) in [5, 5.41) is 4.75. The third-order valence-electron chi connectivity index (χ3n) is 4.34. The van der Waals surface area contributed by atoms with Gasteiger partial charge < -0.3 is 19.5 Å². The molecule has 1 aromatic heterocycles. The normalized spacial score (nSPS) is 15.5. The van der Waals surface area contributed by atoms with Crippen LogP contribution in [0.2, 0.25) is 5.02 Å². The number of amides is 2. The summed E-state index contributed by atoms with van der Waals surface area (Å²) in [5.74, 6) is -0.0380. The fourth-order valence-corrected chi connectivity index (χ4v) is 3.22. The lowest BCUT2D eigenvalue weighted by Gasteiger charge is -2.31. The monoisotopic (exact) mass is 349 g/mol. The molecular formula is C17H20ClN3O3. The van der Waals surface area contributed by atoms with Gasteiger partial charge in [-0.3, -0.25) is 4.79 Å². The minimum absolute atomic E-state index is 0.0380. The highest BCUT2D eigenvalue weighted by molar-refractivity contribution is 6.31. The Hall–Kier alpha value is -2.21. The summed E-state index contributed by atoms with van der Waals surface area (Å²) in [7, 11) is 1.38. The molecule has 0 radical (unpaired) electrons. The van der Waals surface area contributed by atoms with Gasteiger partial charge >= 0.3 is 6.09 Å². The number of nitrogens with one attached hydrogen (secondary N) is 1. The number of benzene rings is 1. The average Bonchev–Trinajstić information content (AvgIpc) is 2.97. The van der Waals surface area contributed by atoms with Crippen molar-refractivity contribution in [1.82, 2.24) is 14.8 Å². The number of halogens is 1. The molecule has 6 nitrogen and oxygen atoms in total. The molecule has 1 aromatic carbocycles. The van der Waals surface area contributed by atoms with Crippen molar-refractivity contribution in [3.05, 3.63) is 35.5 Å². The van der Waals surface area contributed by atoms with Crippen LogP contribution in [0.25, 0.3) is 10.9 Å². The summed E-state index contributed by atoms with van der Waals surface area (Å²) in [5.41, 5.74) is 0.943. The Morgan fingerprint density at radius 3 is 2.75 bits per heavy atom. The van der Waals surface area contributed by atoms with E-state index in [4.69, 9.17) is 16.3 Å². The summed E-state index contributed by atoms with van der Waals surface area (Å²) in [6.45, 7) is 1.44. The molecule has 7 heteroatoms. The lowest BCUT2D eigenvalue weighted by Crippen LogP contribution is -2.47. The number of aromatic nitrogens is 1. The van der Waals surface area contributed by atoms with Crippen molar-refractivity contribution in [3.63, 3.8) is 0 Å². The van der Waals surface area contributed by atoms with Crippen LogP contribution in [0.3, 0.4) is 0 Å². The standard InChI is InChI=1S/C17H20ClN3O3/c1-24-17(23)20-8-5-14(6-9-20)19-16(22)11-21-7-4-12-2-3-13(18)10-15(12)21/h2-4,7,10,14H,5-6,8-9,11H2,1H3,(H,19,22). The number of carbonyl (C=O) groups is 2. The second-order valence-electron chi connectivity index (χ2n) is 5.95. The molecule has 1 N–H and O–H groups in total. The quantitative estimate of drug-likeness (QED) is 0.926. The van der Waals surface area contributed by atoms with Crippen LogP contribution in [-0.2, 0) is 16.1 Å². The molecule has 128 valence electrons. The highest BCUT2D eigenvalue weighted by Crippen LogP contribution is 2.20. The number of nitrogens with zero attached hydrogens (tertiary/aromatic N) is 2. The summed E-state index contributed by atoms with van der Waals surface area (Å²) >= 11 is 6.03. The van der Waals surface area contributed by atoms with Crippen molar-refractivity contribution in [2.45, 2.75) is 25.4 Å². The van der Waals surface area contributed by atoms with E-state index in [1.54, 1.807) is 4.90 Å². The Morgan fingerprint density at radius 2 is 2.04 bits per heavy atom. The van der Waals surface area contributed by atoms with Gasteiger partial charge in [0.15, 0.2) is 0 Å². The summed E-state index contributed by atoms with van der Waals surface area (Å²) in [6.07, 6.45) is 3.05. The zero-order valence-electron chi connectivity index (χ0n) is 13.5. The Labute approximate surface area is 145 Å². The molecule has 2 amide bonds. The van der Waals surface area contributed by atoms with Crippen LogP contribution in [0.4, 0.5) is 4.79 Å². The minimum Gasteiger partial charge on any atom is -0.453 e. The predicted octanol–water partition coefficient (Wildman–Crippen LogP) is 2.64. The molecule has 0 bridgehead atoms. The van der Waals surface area contributed by atoms with Gasteiger partial charge in [0.2, 0.25) is 5.91 Å². The van der Waals surface area contributed by atoms with Crippen molar-refractivity contribution in [2.24, 2.45) is 0 Å². The topological polar surface area (TPSA) is 63.6 Å². The largest absolute Gasteiger partial charge is 0.453 e. The first kappa shape index (κ1) is 16.6. The smallest absolute Gasteiger partial charge is 0.409 e. The maximum absolute atomic E-state index is 12.3. The van der Waals surface area contributed by atoms with Crippen LogP contribution in [0.5, 0.6) is 0 Å². The molecule has 0 spiro atoms. The Balaban J connectivity index is 1.56. The van der Waals surface area contributed by atoms with E-state index in [0.717, 1.165) is 23.7 Å². The van der Waals surface area contributed by atoms with Gasteiger partial charge in [0.1, 0.15) is 6.54 Å². The first-order valence-corrected chi connectivity index (χ1v) is 8.31. The number of carbonyl (C=O) groups excluding carboxylic acids is 2. The van der Waals surface area contributed by atoms with Crippen molar-refractivity contribution in [3.8, 4) is 0 Å². The van der Waals surface area contributed by atoms with Gasteiger partial charge in [-0.1, -0.05) is 17.7 Å². The second kappa shape index (κ2) is 7.13. The summed E-state index contributed by atoms with van der Waals surface area (Å²) in [4.78, 5) is 25.4. The summed E-state index contributed by atoms with van der Waals surface area (Å²) in [6, 6.07) is 7.69. The van der Waals surface area contributed by atoms with Crippen molar-refractivity contribution in [2.75, 3.05) is 20.2 Å². The molecule has 1 aliphatic heterocycles. The number of methoxy groups -OCH3 is 1. The van der Waals surface area contributed by atoms with Gasteiger partial charge in [-0.15, -0.1) is 0 Å². The van der Waals surface area contributed by atoms with Crippen molar-refractivity contribution < 1.29 is 14.3 Å². The first-order chi connectivity index (χ1) is 11.6. The fourth-order valence-electron chi connectivity index (χ4n) is 3.06. The Morgan fingerprint density at radius 1 is 1.29 bits per heavy atom. The fraction of sp³-hybridized carbons (Fsp3) is 0.412. The first-order valence-electron chi connectivity index (χ1n) is 7.93. The molecule has 1 saturated heterocycles. The van der Waals surface area contributed by atoms with Crippen LogP contribution in [-0.4, -0.2) is 47.7 Å². The van der Waals surface area contributed by atoms with E-state index in [1.165, 1.54) is 7.11 Å². The van der Waals surface area contributed by atoms with E-state index in [9.17, 15) is 9.59 Å². The minimum atomic E-state index is -0.310. The van der Waals surface area contributed by atoms with Crippen molar-refractivity contribution >= 4 is 34.5 Å². The highest BCUT2D eigenvalue weighted by atomic mass is 35.5. The van der Waals surface area contributed by atoms with Crippen LogP contribution < -0.4 is 5.32 Å². The maximum atomic E-state index is 12.3. The molecular weight excluding hydrogens is 330 g/mol. The Bertz CT molecular complexity index is 751. The molecule has 1 aliphatic rings. The molecule has 3 rings (SSSR count). The molecule has 2 heterocycles. The molecule has 0 unspecified atom stereocenters. The number of likely N-dealkylation sites (tertiary alicyclic amines) is 1. The zero-order valence-corrected chi connectivity index (χ0v) is 14.3. The van der Waals surface area contributed by atoms with Crippen molar-refractivity contribution in [1.29, 1.82) is 0 Å². The average molecular weight is 350 g/mol. The van der Waals surface area contributed by atoms with Crippen LogP contribution in [0.15, 0.2) is 30.5 Å². The Kier molecular flexibility index (Phi) is 4.94. The zero-order chi connectivity index (χ0) is 17.1. The second-order valence-corrected chi connectivity index (χ2v) is 6.38. The number of rotatable bonds is 3. The van der Waals surface area contributed by atoms with E-state index in [-0.39, 0.29) is 24.6 Å². The van der Waals surface area contributed by atoms with Gasteiger partial charge in [-0.25, -0.2) is 4.79 Å². The van der Waals surface area contributed by atoms with E-state index in [0.29, 0.717) is 18.1 Å². The number of hydrogen-bond acceptors (Lipinski definition) is 3. The van der Waals surface area contributed by atoms with Crippen LogP contribution >= 0.6 is 11.6 Å². The van der Waals surface area contributed by atoms with Crippen LogP contribution in [0.1, 0.15) is 12.8 Å². The van der Waals surface area contributed by atoms with E-state index in [2.05, 4.69) is 5.32 Å². The predicted molar refractivity (Wildman–Crippen MR) is 92.1 cm³/mol. The lowest BCUT2D eigenvalue weighted by atomic mass is 10.1. The van der Waals surface area contributed by atoms with Crippen LogP contribution in [0, 0.1) is 0 Å². The molecule has 0 atom stereocenters. The van der Waals surface area contributed by atoms with E-state index in [1.807, 2.05) is 35.0 Å². The molecule has 0 saturated carbocycles. The highest BCUT2D eigenvalue weighted by Gasteiger charge is 2.24. The lowest BCUT2D eigenvalue weighted by molar-refractivity contribution is -0.122. The van der Waals surface area contributed by atoms with Gasteiger partial charge in [0, 0.05) is 35.9 Å². The third kappa shape index (κ3) is 3.64. The molecule has 24 heavy (non-hydrogen) atoms. The van der Waals surface area contributed by atoms with E-state index < -0.39 is 0 Å². The number of fused-ring (bicyclic) bond motifs is 1. The SMILES string of the molecule is COC(=O)N1CCC(NC(=O)Cn2ccc3ccc(Cl)cc32)CC1. The maximum Gasteiger partial charge on any atom is 0.409 e. The molecule has 0 aliphatic carbocycles. The number of ether oxygens (including phenoxy) is 1.